The number of carbonyl (C=O) groups is 2. The monoisotopic (exact) mass is 392 g/mol. The maximum Gasteiger partial charge on any atom is 0.285 e. The quantitative estimate of drug-likeness (QED) is 0.784. The standard InChI is InChI=1S/C18H24N4O4S/c1-18(2,3)20-15(23)11-19-17(24)13-8-6-10-22(13)16-12-7-4-5-9-14(12)27(25,26)21-16/h4-5,7,9,13H,6,8,10-11H2,1-3H3,(H,19,24)(H,20,23)/t13-/m0/s1. The van der Waals surface area contributed by atoms with Gasteiger partial charge in [0.1, 0.15) is 10.9 Å². The van der Waals surface area contributed by atoms with Gasteiger partial charge in [0, 0.05) is 17.6 Å². The van der Waals surface area contributed by atoms with E-state index in [1.165, 1.54) is 6.07 Å². The number of likely N-dealkylation sites (tertiary alicyclic amines) is 1. The molecule has 1 aromatic rings. The highest BCUT2D eigenvalue weighted by Gasteiger charge is 2.39. The number of sulfonamides is 1. The van der Waals surface area contributed by atoms with Gasteiger partial charge in [-0.05, 0) is 45.7 Å². The molecule has 1 fully saturated rings. The van der Waals surface area contributed by atoms with Crippen LogP contribution in [-0.4, -0.2) is 55.6 Å². The van der Waals surface area contributed by atoms with Gasteiger partial charge in [0.25, 0.3) is 10.0 Å². The Morgan fingerprint density at radius 2 is 1.96 bits per heavy atom. The molecule has 2 aliphatic heterocycles. The van der Waals surface area contributed by atoms with Gasteiger partial charge < -0.3 is 15.5 Å². The Morgan fingerprint density at radius 3 is 2.67 bits per heavy atom. The first-order chi connectivity index (χ1) is 12.6. The van der Waals surface area contributed by atoms with E-state index in [9.17, 15) is 18.0 Å². The molecule has 2 aliphatic rings. The van der Waals surface area contributed by atoms with Crippen LogP contribution in [0.3, 0.4) is 0 Å². The third-order valence-electron chi connectivity index (χ3n) is 4.38. The third kappa shape index (κ3) is 4.13. The largest absolute Gasteiger partial charge is 0.350 e. The molecule has 0 unspecified atom stereocenters. The molecule has 0 spiro atoms. The molecule has 0 aromatic heterocycles. The van der Waals surface area contributed by atoms with Gasteiger partial charge in [0.05, 0.1) is 6.54 Å². The maximum atomic E-state index is 12.6. The molecule has 0 saturated carbocycles. The van der Waals surface area contributed by atoms with Crippen LogP contribution in [0.2, 0.25) is 0 Å². The van der Waals surface area contributed by atoms with E-state index >= 15 is 0 Å². The predicted molar refractivity (Wildman–Crippen MR) is 101 cm³/mol. The molecule has 2 amide bonds. The van der Waals surface area contributed by atoms with E-state index in [1.54, 1.807) is 23.1 Å². The number of nitrogens with zero attached hydrogens (tertiary/aromatic N) is 2. The molecular formula is C18H24N4O4S. The Balaban J connectivity index is 1.73. The molecule has 0 radical (unpaired) electrons. The van der Waals surface area contributed by atoms with Crippen LogP contribution in [-0.2, 0) is 19.6 Å². The first-order valence-electron chi connectivity index (χ1n) is 8.88. The van der Waals surface area contributed by atoms with Gasteiger partial charge in [-0.15, -0.1) is 4.40 Å². The van der Waals surface area contributed by atoms with Gasteiger partial charge in [-0.25, -0.2) is 0 Å². The van der Waals surface area contributed by atoms with E-state index in [-0.39, 0.29) is 28.8 Å². The number of hydrogen-bond donors (Lipinski definition) is 2. The van der Waals surface area contributed by atoms with Crippen molar-refractivity contribution in [1.82, 2.24) is 15.5 Å². The number of fused-ring (bicyclic) bond motifs is 1. The fourth-order valence-electron chi connectivity index (χ4n) is 3.34. The first kappa shape index (κ1) is 19.3. The number of benzene rings is 1. The van der Waals surface area contributed by atoms with Crippen molar-refractivity contribution < 1.29 is 18.0 Å². The number of hydrogen-bond acceptors (Lipinski definition) is 5. The summed E-state index contributed by atoms with van der Waals surface area (Å²) in [6, 6.07) is 6.06. The van der Waals surface area contributed by atoms with Crippen molar-refractivity contribution in [3.05, 3.63) is 29.8 Å². The summed E-state index contributed by atoms with van der Waals surface area (Å²) in [6.45, 7) is 6.00. The van der Waals surface area contributed by atoms with Crippen LogP contribution in [0.1, 0.15) is 39.2 Å². The van der Waals surface area contributed by atoms with Crippen LogP contribution in [0.5, 0.6) is 0 Å². The second-order valence-corrected chi connectivity index (χ2v) is 9.33. The van der Waals surface area contributed by atoms with Gasteiger partial charge in [-0.2, -0.15) is 8.42 Å². The third-order valence-corrected chi connectivity index (χ3v) is 5.70. The van der Waals surface area contributed by atoms with Gasteiger partial charge in [0.2, 0.25) is 11.8 Å². The molecule has 3 rings (SSSR count). The lowest BCUT2D eigenvalue weighted by Gasteiger charge is -2.26. The van der Waals surface area contributed by atoms with Crippen LogP contribution >= 0.6 is 0 Å². The maximum absolute atomic E-state index is 12.6. The minimum Gasteiger partial charge on any atom is -0.350 e. The van der Waals surface area contributed by atoms with E-state index < -0.39 is 16.1 Å². The van der Waals surface area contributed by atoms with Crippen LogP contribution < -0.4 is 10.6 Å². The van der Waals surface area contributed by atoms with Crippen molar-refractivity contribution in [2.24, 2.45) is 4.40 Å². The zero-order chi connectivity index (χ0) is 19.8. The number of nitrogens with one attached hydrogen (secondary N) is 2. The van der Waals surface area contributed by atoms with Crippen molar-refractivity contribution in [2.45, 2.75) is 50.1 Å². The fourth-order valence-corrected chi connectivity index (χ4v) is 4.55. The average molecular weight is 392 g/mol. The second-order valence-electron chi connectivity index (χ2n) is 7.75. The second kappa shape index (κ2) is 6.95. The van der Waals surface area contributed by atoms with Crippen LogP contribution in [0.25, 0.3) is 0 Å². The first-order valence-corrected chi connectivity index (χ1v) is 10.3. The van der Waals surface area contributed by atoms with Gasteiger partial charge >= 0.3 is 0 Å². The summed E-state index contributed by atoms with van der Waals surface area (Å²) in [4.78, 5) is 26.4. The Bertz CT molecular complexity index is 902. The minimum absolute atomic E-state index is 0.123. The molecule has 8 nitrogen and oxygen atoms in total. The van der Waals surface area contributed by atoms with E-state index in [4.69, 9.17) is 0 Å². The van der Waals surface area contributed by atoms with E-state index in [1.807, 2.05) is 20.8 Å². The highest BCUT2D eigenvalue weighted by Crippen LogP contribution is 2.31. The van der Waals surface area contributed by atoms with Gasteiger partial charge in [-0.3, -0.25) is 9.59 Å². The Kier molecular flexibility index (Phi) is 4.98. The number of rotatable bonds is 3. The molecule has 0 bridgehead atoms. The molecule has 2 heterocycles. The zero-order valence-electron chi connectivity index (χ0n) is 15.7. The average Bonchev–Trinajstić information content (AvgIpc) is 3.14. The highest BCUT2D eigenvalue weighted by atomic mass is 32.2. The van der Waals surface area contributed by atoms with Crippen LogP contribution in [0.15, 0.2) is 33.6 Å². The van der Waals surface area contributed by atoms with Crippen molar-refractivity contribution in [3.63, 3.8) is 0 Å². The SMILES string of the molecule is CC(C)(C)NC(=O)CNC(=O)[C@@H]1CCCN1C1=NS(=O)(=O)c2ccccc21. The van der Waals surface area contributed by atoms with E-state index in [2.05, 4.69) is 15.0 Å². The molecule has 27 heavy (non-hydrogen) atoms. The molecular weight excluding hydrogens is 368 g/mol. The summed E-state index contributed by atoms with van der Waals surface area (Å²) < 4.78 is 28.5. The molecule has 9 heteroatoms. The van der Waals surface area contributed by atoms with Gasteiger partial charge in [-0.1, -0.05) is 12.1 Å². The Labute approximate surface area is 159 Å². The number of amidine groups is 1. The summed E-state index contributed by atoms with van der Waals surface area (Å²) in [7, 11) is -3.74. The van der Waals surface area contributed by atoms with Crippen molar-refractivity contribution >= 4 is 27.7 Å². The summed E-state index contributed by atoms with van der Waals surface area (Å²) in [5.74, 6) is -0.269. The Hall–Kier alpha value is -2.42. The molecule has 146 valence electrons. The molecule has 0 aliphatic carbocycles. The molecule has 1 aromatic carbocycles. The summed E-state index contributed by atoms with van der Waals surface area (Å²) in [5, 5.41) is 5.43. The van der Waals surface area contributed by atoms with Crippen molar-refractivity contribution in [3.8, 4) is 0 Å². The minimum atomic E-state index is -3.74. The topological polar surface area (TPSA) is 108 Å². The molecule has 1 saturated heterocycles. The highest BCUT2D eigenvalue weighted by molar-refractivity contribution is 7.90. The number of amides is 2. The smallest absolute Gasteiger partial charge is 0.285 e. The summed E-state index contributed by atoms with van der Waals surface area (Å²) in [5.41, 5.74) is 0.139. The van der Waals surface area contributed by atoms with Crippen molar-refractivity contribution in [1.29, 1.82) is 0 Å². The zero-order valence-corrected chi connectivity index (χ0v) is 16.5. The fraction of sp³-hybridized carbons (Fsp3) is 0.500. The lowest BCUT2D eigenvalue weighted by molar-refractivity contribution is -0.128. The summed E-state index contributed by atoms with van der Waals surface area (Å²) in [6.07, 6.45) is 1.32. The van der Waals surface area contributed by atoms with Crippen LogP contribution in [0, 0.1) is 0 Å². The van der Waals surface area contributed by atoms with E-state index in [0.29, 0.717) is 24.4 Å². The Morgan fingerprint density at radius 1 is 1.26 bits per heavy atom. The molecule has 1 atom stereocenters. The predicted octanol–water partition coefficient (Wildman–Crippen LogP) is 0.631. The van der Waals surface area contributed by atoms with Crippen LogP contribution in [0.4, 0.5) is 0 Å². The summed E-state index contributed by atoms with van der Waals surface area (Å²) >= 11 is 0. The van der Waals surface area contributed by atoms with Gasteiger partial charge in [0.15, 0.2) is 5.84 Å². The lowest BCUT2D eigenvalue weighted by atomic mass is 10.1. The lowest BCUT2D eigenvalue weighted by Crippen LogP contribution is -2.50. The number of carbonyl (C=O) groups excluding carboxylic acids is 2. The van der Waals surface area contributed by atoms with Crippen molar-refractivity contribution in [2.75, 3.05) is 13.1 Å². The molecule has 2 N–H and O–H groups in total. The van der Waals surface area contributed by atoms with E-state index in [0.717, 1.165) is 6.42 Å². The normalized spacial score (nSPS) is 20.8.